The molecule has 0 nitrogen and oxygen atoms in total. The van der Waals surface area contributed by atoms with Crippen molar-refractivity contribution >= 4 is 0 Å². The molecule has 0 bridgehead atoms. The fourth-order valence-corrected chi connectivity index (χ4v) is 4.07. The van der Waals surface area contributed by atoms with E-state index in [1.165, 1.54) is 64.2 Å². The van der Waals surface area contributed by atoms with Gasteiger partial charge in [-0.05, 0) is 36.5 Å². The van der Waals surface area contributed by atoms with E-state index in [4.69, 9.17) is 0 Å². The van der Waals surface area contributed by atoms with Crippen molar-refractivity contribution in [2.75, 3.05) is 0 Å². The van der Waals surface area contributed by atoms with Gasteiger partial charge in [0, 0.05) is 0 Å². The van der Waals surface area contributed by atoms with Crippen molar-refractivity contribution < 1.29 is 0 Å². The van der Waals surface area contributed by atoms with Crippen molar-refractivity contribution in [3.05, 3.63) is 0 Å². The summed E-state index contributed by atoms with van der Waals surface area (Å²) in [5.74, 6) is 4.19. The average molecular weight is 222 g/mol. The van der Waals surface area contributed by atoms with E-state index >= 15 is 0 Å². The van der Waals surface area contributed by atoms with Crippen molar-refractivity contribution in [3.63, 3.8) is 0 Å². The van der Waals surface area contributed by atoms with Gasteiger partial charge in [0.1, 0.15) is 0 Å². The largest absolute Gasteiger partial charge is 0.0622 e. The highest BCUT2D eigenvalue weighted by Gasteiger charge is 2.25. The standard InChI is InChI=1S/C16H30/c1-13-7-3-5-9-15(13)11-12-16-10-6-4-8-14(16)2/h13-16H,3-12H2,1-2H3. The molecule has 2 aliphatic rings. The van der Waals surface area contributed by atoms with Crippen molar-refractivity contribution in [2.45, 2.75) is 78.1 Å². The molecule has 0 amide bonds. The zero-order valence-corrected chi connectivity index (χ0v) is 11.4. The zero-order valence-electron chi connectivity index (χ0n) is 11.4. The second-order valence-electron chi connectivity index (χ2n) is 6.62. The predicted molar refractivity (Wildman–Crippen MR) is 71.5 cm³/mol. The molecule has 0 spiro atoms. The Balaban J connectivity index is 1.72. The van der Waals surface area contributed by atoms with Gasteiger partial charge in [-0.1, -0.05) is 65.2 Å². The van der Waals surface area contributed by atoms with Gasteiger partial charge in [0.05, 0.1) is 0 Å². The minimum absolute atomic E-state index is 1.02. The molecule has 0 aromatic rings. The number of hydrogen-bond acceptors (Lipinski definition) is 0. The lowest BCUT2D eigenvalue weighted by molar-refractivity contribution is 0.186. The molecule has 0 N–H and O–H groups in total. The molecule has 0 aromatic carbocycles. The highest BCUT2D eigenvalue weighted by atomic mass is 14.3. The van der Waals surface area contributed by atoms with E-state index in [-0.39, 0.29) is 0 Å². The van der Waals surface area contributed by atoms with Crippen molar-refractivity contribution in [3.8, 4) is 0 Å². The first kappa shape index (κ1) is 12.5. The van der Waals surface area contributed by atoms with Crippen LogP contribution < -0.4 is 0 Å². The number of hydrogen-bond donors (Lipinski definition) is 0. The molecule has 0 heteroatoms. The SMILES string of the molecule is CC1CCCCC1CCC1CCCCC1C. The van der Waals surface area contributed by atoms with Gasteiger partial charge in [-0.15, -0.1) is 0 Å². The summed E-state index contributed by atoms with van der Waals surface area (Å²) >= 11 is 0. The maximum absolute atomic E-state index is 2.49. The Morgan fingerprint density at radius 3 is 1.38 bits per heavy atom. The monoisotopic (exact) mass is 222 g/mol. The Morgan fingerprint density at radius 1 is 0.625 bits per heavy atom. The van der Waals surface area contributed by atoms with E-state index in [1.807, 2.05) is 0 Å². The quantitative estimate of drug-likeness (QED) is 0.598. The lowest BCUT2D eigenvalue weighted by atomic mass is 9.73. The zero-order chi connectivity index (χ0) is 11.4. The molecule has 4 unspecified atom stereocenters. The lowest BCUT2D eigenvalue weighted by Crippen LogP contribution is -2.21. The minimum atomic E-state index is 1.02. The van der Waals surface area contributed by atoms with Gasteiger partial charge in [0.2, 0.25) is 0 Å². The Labute approximate surface area is 102 Å². The molecule has 94 valence electrons. The summed E-state index contributed by atoms with van der Waals surface area (Å²) in [4.78, 5) is 0. The van der Waals surface area contributed by atoms with E-state index in [1.54, 1.807) is 0 Å². The van der Waals surface area contributed by atoms with Crippen LogP contribution in [0.2, 0.25) is 0 Å². The third-order valence-electron chi connectivity index (χ3n) is 5.49. The molecule has 0 heterocycles. The molecule has 4 atom stereocenters. The first-order chi connectivity index (χ1) is 7.77. The normalized spacial score (nSPS) is 40.9. The Morgan fingerprint density at radius 2 is 1.00 bits per heavy atom. The second-order valence-corrected chi connectivity index (χ2v) is 6.62. The van der Waals surface area contributed by atoms with Crippen LogP contribution in [0.5, 0.6) is 0 Å². The Hall–Kier alpha value is 0. The van der Waals surface area contributed by atoms with Crippen molar-refractivity contribution in [2.24, 2.45) is 23.7 Å². The third kappa shape index (κ3) is 3.25. The minimum Gasteiger partial charge on any atom is -0.0622 e. The maximum atomic E-state index is 2.49. The van der Waals surface area contributed by atoms with Gasteiger partial charge >= 0.3 is 0 Å². The predicted octanol–water partition coefficient (Wildman–Crippen LogP) is 5.42. The van der Waals surface area contributed by atoms with Gasteiger partial charge in [0.15, 0.2) is 0 Å². The topological polar surface area (TPSA) is 0 Å². The molecule has 0 radical (unpaired) electrons. The van der Waals surface area contributed by atoms with Crippen LogP contribution in [-0.4, -0.2) is 0 Å². The smallest absolute Gasteiger partial charge is 0.0388 e. The van der Waals surface area contributed by atoms with Crippen LogP contribution in [0.15, 0.2) is 0 Å². The van der Waals surface area contributed by atoms with Crippen LogP contribution in [0.3, 0.4) is 0 Å². The summed E-state index contributed by atoms with van der Waals surface area (Å²) in [6, 6.07) is 0. The van der Waals surface area contributed by atoms with Crippen LogP contribution in [0.1, 0.15) is 78.1 Å². The number of rotatable bonds is 3. The highest BCUT2D eigenvalue weighted by Crippen LogP contribution is 2.38. The molecule has 0 saturated heterocycles. The van der Waals surface area contributed by atoms with Gasteiger partial charge in [-0.25, -0.2) is 0 Å². The highest BCUT2D eigenvalue weighted by molar-refractivity contribution is 4.77. The maximum Gasteiger partial charge on any atom is -0.0388 e. The van der Waals surface area contributed by atoms with E-state index in [0.29, 0.717) is 0 Å². The van der Waals surface area contributed by atoms with Crippen LogP contribution in [0.4, 0.5) is 0 Å². The summed E-state index contributed by atoms with van der Waals surface area (Å²) in [6.07, 6.45) is 15.2. The molecule has 2 saturated carbocycles. The molecule has 2 aliphatic carbocycles. The second kappa shape index (κ2) is 6.07. The first-order valence-corrected chi connectivity index (χ1v) is 7.77. The molecule has 16 heavy (non-hydrogen) atoms. The summed E-state index contributed by atoms with van der Waals surface area (Å²) in [6.45, 7) is 4.99. The fourth-order valence-electron chi connectivity index (χ4n) is 4.07. The first-order valence-electron chi connectivity index (χ1n) is 7.77. The van der Waals surface area contributed by atoms with E-state index in [9.17, 15) is 0 Å². The molecular weight excluding hydrogens is 192 g/mol. The van der Waals surface area contributed by atoms with Crippen LogP contribution in [0.25, 0.3) is 0 Å². The van der Waals surface area contributed by atoms with E-state index in [2.05, 4.69) is 13.8 Å². The van der Waals surface area contributed by atoms with Gasteiger partial charge in [-0.2, -0.15) is 0 Å². The molecule has 2 rings (SSSR count). The summed E-state index contributed by atoms with van der Waals surface area (Å²) in [7, 11) is 0. The molecule has 0 aromatic heterocycles. The van der Waals surface area contributed by atoms with Crippen LogP contribution in [-0.2, 0) is 0 Å². The fraction of sp³-hybridized carbons (Fsp3) is 1.00. The summed E-state index contributed by atoms with van der Waals surface area (Å²) in [5.41, 5.74) is 0. The van der Waals surface area contributed by atoms with Gasteiger partial charge in [0.25, 0.3) is 0 Å². The van der Waals surface area contributed by atoms with E-state index < -0.39 is 0 Å². The Kier molecular flexibility index (Phi) is 4.73. The molecular formula is C16H30. The van der Waals surface area contributed by atoms with E-state index in [0.717, 1.165) is 23.7 Å². The lowest BCUT2D eigenvalue weighted by Gasteiger charge is -2.33. The summed E-state index contributed by atoms with van der Waals surface area (Å²) < 4.78 is 0. The van der Waals surface area contributed by atoms with Crippen molar-refractivity contribution in [1.29, 1.82) is 0 Å². The van der Waals surface area contributed by atoms with Gasteiger partial charge in [-0.3, -0.25) is 0 Å². The third-order valence-corrected chi connectivity index (χ3v) is 5.49. The van der Waals surface area contributed by atoms with Crippen LogP contribution in [0, 0.1) is 23.7 Å². The average Bonchev–Trinajstić information content (AvgIpc) is 2.30. The van der Waals surface area contributed by atoms with Crippen LogP contribution >= 0.6 is 0 Å². The van der Waals surface area contributed by atoms with Crippen molar-refractivity contribution in [1.82, 2.24) is 0 Å². The Bertz CT molecular complexity index is 174. The van der Waals surface area contributed by atoms with Gasteiger partial charge < -0.3 is 0 Å². The summed E-state index contributed by atoms with van der Waals surface area (Å²) in [5, 5.41) is 0. The molecule has 0 aliphatic heterocycles. The molecule has 2 fully saturated rings.